The number of carbonyl (C=O) groups excluding carboxylic acids is 2. The van der Waals surface area contributed by atoms with Crippen LogP contribution >= 0.6 is 0 Å². The van der Waals surface area contributed by atoms with E-state index in [-0.39, 0.29) is 11.3 Å². The molecular formula is C13H17NO5. The predicted molar refractivity (Wildman–Crippen MR) is 69.3 cm³/mol. The number of rotatable bonds is 2. The minimum Gasteiger partial charge on any atom is -0.507 e. The van der Waals surface area contributed by atoms with Crippen molar-refractivity contribution in [2.45, 2.75) is 26.4 Å². The Morgan fingerprint density at radius 3 is 2.42 bits per heavy atom. The number of methoxy groups -OCH3 is 1. The van der Waals surface area contributed by atoms with Gasteiger partial charge in [0.1, 0.15) is 16.9 Å². The summed E-state index contributed by atoms with van der Waals surface area (Å²) in [4.78, 5) is 22.9. The Morgan fingerprint density at radius 1 is 1.26 bits per heavy atom. The van der Waals surface area contributed by atoms with E-state index in [1.165, 1.54) is 25.3 Å². The van der Waals surface area contributed by atoms with Gasteiger partial charge in [-0.15, -0.1) is 0 Å². The average Bonchev–Trinajstić information content (AvgIpc) is 2.28. The van der Waals surface area contributed by atoms with Gasteiger partial charge in [0.15, 0.2) is 0 Å². The van der Waals surface area contributed by atoms with E-state index in [4.69, 9.17) is 4.74 Å². The topological polar surface area (TPSA) is 84.9 Å². The van der Waals surface area contributed by atoms with Gasteiger partial charge in [0.2, 0.25) is 0 Å². The molecule has 1 amide bonds. The summed E-state index contributed by atoms with van der Waals surface area (Å²) in [6.45, 7) is 5.22. The van der Waals surface area contributed by atoms with Crippen molar-refractivity contribution in [2.75, 3.05) is 12.4 Å². The number of carbonyl (C=O) groups is 2. The molecule has 1 aromatic carbocycles. The first-order valence-corrected chi connectivity index (χ1v) is 5.64. The number of esters is 1. The molecule has 19 heavy (non-hydrogen) atoms. The molecule has 0 aromatic heterocycles. The molecule has 104 valence electrons. The summed E-state index contributed by atoms with van der Waals surface area (Å²) in [7, 11) is 1.20. The summed E-state index contributed by atoms with van der Waals surface area (Å²) in [6, 6.07) is 4.05. The van der Waals surface area contributed by atoms with Crippen molar-refractivity contribution in [3.05, 3.63) is 23.8 Å². The molecule has 0 aliphatic rings. The predicted octanol–water partition coefficient (Wildman–Crippen LogP) is 2.53. The van der Waals surface area contributed by atoms with Gasteiger partial charge in [0, 0.05) is 5.69 Å². The zero-order chi connectivity index (χ0) is 14.6. The Labute approximate surface area is 111 Å². The van der Waals surface area contributed by atoms with E-state index >= 15 is 0 Å². The minimum atomic E-state index is -0.690. The first-order chi connectivity index (χ1) is 8.73. The van der Waals surface area contributed by atoms with Crippen molar-refractivity contribution in [3.63, 3.8) is 0 Å². The molecule has 6 heteroatoms. The SMILES string of the molecule is COC(=O)c1cc(NC(=O)OC(C)(C)C)ccc1O. The molecule has 0 saturated heterocycles. The van der Waals surface area contributed by atoms with Gasteiger partial charge >= 0.3 is 12.1 Å². The number of phenols is 1. The zero-order valence-corrected chi connectivity index (χ0v) is 11.3. The molecule has 0 spiro atoms. The summed E-state index contributed by atoms with van der Waals surface area (Å²) in [5.41, 5.74) is -0.324. The third-order valence-corrected chi connectivity index (χ3v) is 2.05. The number of benzene rings is 1. The van der Waals surface area contributed by atoms with Gasteiger partial charge in [-0.1, -0.05) is 0 Å². The Bertz CT molecular complexity index is 490. The third kappa shape index (κ3) is 4.50. The van der Waals surface area contributed by atoms with E-state index in [0.717, 1.165) is 0 Å². The quantitative estimate of drug-likeness (QED) is 0.635. The Kier molecular flexibility index (Phi) is 4.37. The van der Waals surface area contributed by atoms with Gasteiger partial charge in [-0.3, -0.25) is 5.32 Å². The molecule has 0 aliphatic carbocycles. The standard InChI is InChI=1S/C13H17NO5/c1-13(2,3)19-12(17)14-8-5-6-10(15)9(7-8)11(16)18-4/h5-7,15H,1-4H3,(H,14,17). The molecule has 0 saturated carbocycles. The number of amides is 1. The largest absolute Gasteiger partial charge is 0.507 e. The maximum absolute atomic E-state index is 11.6. The number of ether oxygens (including phenoxy) is 2. The van der Waals surface area contributed by atoms with Crippen LogP contribution in [0, 0.1) is 0 Å². The van der Waals surface area contributed by atoms with Gasteiger partial charge in [0.25, 0.3) is 0 Å². The lowest BCUT2D eigenvalue weighted by atomic mass is 10.2. The van der Waals surface area contributed by atoms with E-state index in [0.29, 0.717) is 5.69 Å². The lowest BCUT2D eigenvalue weighted by molar-refractivity contribution is 0.0593. The molecule has 1 rings (SSSR count). The van der Waals surface area contributed by atoms with Crippen LogP contribution in [0.5, 0.6) is 5.75 Å². The smallest absolute Gasteiger partial charge is 0.412 e. The Balaban J connectivity index is 2.86. The van der Waals surface area contributed by atoms with Gasteiger partial charge in [-0.25, -0.2) is 9.59 Å². The fourth-order valence-electron chi connectivity index (χ4n) is 1.31. The number of nitrogens with one attached hydrogen (secondary N) is 1. The second kappa shape index (κ2) is 5.60. The van der Waals surface area contributed by atoms with Crippen molar-refractivity contribution in [3.8, 4) is 5.75 Å². The highest BCUT2D eigenvalue weighted by Crippen LogP contribution is 2.22. The van der Waals surface area contributed by atoms with Crippen LogP contribution in [0.2, 0.25) is 0 Å². The van der Waals surface area contributed by atoms with E-state index in [1.807, 2.05) is 0 Å². The molecular weight excluding hydrogens is 250 g/mol. The number of hydrogen-bond acceptors (Lipinski definition) is 5. The zero-order valence-electron chi connectivity index (χ0n) is 11.3. The molecule has 0 atom stereocenters. The lowest BCUT2D eigenvalue weighted by Crippen LogP contribution is -2.27. The molecule has 0 unspecified atom stereocenters. The second-order valence-electron chi connectivity index (χ2n) is 4.85. The van der Waals surface area contributed by atoms with E-state index in [1.54, 1.807) is 20.8 Å². The fourth-order valence-corrected chi connectivity index (χ4v) is 1.31. The van der Waals surface area contributed by atoms with Crippen LogP contribution in [0.25, 0.3) is 0 Å². The molecule has 0 radical (unpaired) electrons. The van der Waals surface area contributed by atoms with Gasteiger partial charge in [0.05, 0.1) is 7.11 Å². The maximum Gasteiger partial charge on any atom is 0.412 e. The van der Waals surface area contributed by atoms with Crippen molar-refractivity contribution in [1.29, 1.82) is 0 Å². The highest BCUT2D eigenvalue weighted by Gasteiger charge is 2.17. The summed E-state index contributed by atoms with van der Waals surface area (Å²) >= 11 is 0. The van der Waals surface area contributed by atoms with Gasteiger partial charge in [-0.2, -0.15) is 0 Å². The van der Waals surface area contributed by atoms with E-state index in [9.17, 15) is 14.7 Å². The molecule has 0 aliphatic heterocycles. The third-order valence-electron chi connectivity index (χ3n) is 2.05. The number of phenolic OH excluding ortho intramolecular Hbond substituents is 1. The lowest BCUT2D eigenvalue weighted by Gasteiger charge is -2.19. The summed E-state index contributed by atoms with van der Waals surface area (Å²) in [5, 5.41) is 12.0. The number of anilines is 1. The molecule has 6 nitrogen and oxygen atoms in total. The van der Waals surface area contributed by atoms with Crippen LogP contribution in [0.4, 0.5) is 10.5 Å². The van der Waals surface area contributed by atoms with Crippen molar-refractivity contribution in [1.82, 2.24) is 0 Å². The van der Waals surface area contributed by atoms with Gasteiger partial charge in [-0.05, 0) is 39.0 Å². The molecule has 0 bridgehead atoms. The normalized spacial score (nSPS) is 10.7. The Hall–Kier alpha value is -2.24. The summed E-state index contributed by atoms with van der Waals surface area (Å²) in [5.74, 6) is -0.910. The molecule has 2 N–H and O–H groups in total. The Morgan fingerprint density at radius 2 is 1.89 bits per heavy atom. The van der Waals surface area contributed by atoms with E-state index in [2.05, 4.69) is 10.1 Å². The summed E-state index contributed by atoms with van der Waals surface area (Å²) < 4.78 is 9.58. The van der Waals surface area contributed by atoms with E-state index < -0.39 is 17.7 Å². The van der Waals surface area contributed by atoms with Crippen molar-refractivity contribution < 1.29 is 24.2 Å². The summed E-state index contributed by atoms with van der Waals surface area (Å²) in [6.07, 6.45) is -0.644. The van der Waals surface area contributed by atoms with Crippen LogP contribution < -0.4 is 5.32 Å². The maximum atomic E-state index is 11.6. The van der Waals surface area contributed by atoms with Gasteiger partial charge < -0.3 is 14.6 Å². The molecule has 0 fully saturated rings. The van der Waals surface area contributed by atoms with Crippen molar-refractivity contribution in [2.24, 2.45) is 0 Å². The minimum absolute atomic E-state index is 0.0314. The number of aromatic hydroxyl groups is 1. The highest BCUT2D eigenvalue weighted by atomic mass is 16.6. The molecule has 0 heterocycles. The first kappa shape index (κ1) is 14.8. The van der Waals surface area contributed by atoms with Crippen LogP contribution in [-0.2, 0) is 9.47 Å². The van der Waals surface area contributed by atoms with Crippen LogP contribution in [0.15, 0.2) is 18.2 Å². The van der Waals surface area contributed by atoms with Crippen molar-refractivity contribution >= 4 is 17.7 Å². The van der Waals surface area contributed by atoms with Crippen LogP contribution in [0.3, 0.4) is 0 Å². The fraction of sp³-hybridized carbons (Fsp3) is 0.385. The average molecular weight is 267 g/mol. The van der Waals surface area contributed by atoms with Crippen LogP contribution in [-0.4, -0.2) is 29.9 Å². The highest BCUT2D eigenvalue weighted by molar-refractivity contribution is 5.95. The first-order valence-electron chi connectivity index (χ1n) is 5.64. The monoisotopic (exact) mass is 267 g/mol. The van der Waals surface area contributed by atoms with Crippen LogP contribution in [0.1, 0.15) is 31.1 Å². The number of hydrogen-bond donors (Lipinski definition) is 2. The molecule has 1 aromatic rings. The second-order valence-corrected chi connectivity index (χ2v) is 4.85.